The fraction of sp³-hybridized carbons (Fsp3) is 0.273. The number of pyridine rings is 1. The first kappa shape index (κ1) is 21.5. The van der Waals surface area contributed by atoms with Crippen LogP contribution in [0.5, 0.6) is 0 Å². The first-order chi connectivity index (χ1) is 15.2. The minimum absolute atomic E-state index is 0.191. The lowest BCUT2D eigenvalue weighted by Crippen LogP contribution is -2.57. The number of alkyl halides is 3. The molecule has 3 aromatic rings. The molecule has 1 saturated heterocycles. The van der Waals surface area contributed by atoms with Gasteiger partial charge in [-0.3, -0.25) is 4.98 Å². The number of benzene rings is 1. The van der Waals surface area contributed by atoms with Gasteiger partial charge in [-0.05, 0) is 31.2 Å². The lowest BCUT2D eigenvalue weighted by molar-refractivity contribution is -0.141. The molecule has 0 amide bonds. The second-order valence-electron chi connectivity index (χ2n) is 7.45. The van der Waals surface area contributed by atoms with Gasteiger partial charge in [-0.15, -0.1) is 0 Å². The predicted octanol–water partition coefficient (Wildman–Crippen LogP) is 3.65. The molecule has 1 aromatic carbocycles. The van der Waals surface area contributed by atoms with Gasteiger partial charge in [0.2, 0.25) is 0 Å². The molecule has 0 radical (unpaired) electrons. The van der Waals surface area contributed by atoms with Crippen molar-refractivity contribution in [1.29, 1.82) is 0 Å². The molecule has 0 saturated carbocycles. The molecule has 32 heavy (non-hydrogen) atoms. The van der Waals surface area contributed by atoms with Crippen molar-refractivity contribution in [1.82, 2.24) is 15.0 Å². The molecule has 4 rings (SSSR count). The van der Waals surface area contributed by atoms with Gasteiger partial charge in [0.25, 0.3) is 0 Å². The zero-order valence-corrected chi connectivity index (χ0v) is 17.1. The van der Waals surface area contributed by atoms with Crippen LogP contribution >= 0.6 is 0 Å². The number of carboxylic acids is 1. The van der Waals surface area contributed by atoms with Gasteiger partial charge in [0.1, 0.15) is 17.6 Å². The van der Waals surface area contributed by atoms with Crippen molar-refractivity contribution in [3.05, 3.63) is 66.1 Å². The molecule has 1 unspecified atom stereocenters. The van der Waals surface area contributed by atoms with E-state index >= 15 is 0 Å². The SMILES string of the molecule is Cc1cc(N2CCN(c3ccccc3)CC2C(=O)O)nc(-c2ccc(C(F)(F)F)nc2)n1. The van der Waals surface area contributed by atoms with E-state index in [9.17, 15) is 23.1 Å². The van der Waals surface area contributed by atoms with E-state index in [1.807, 2.05) is 35.2 Å². The molecule has 1 aliphatic rings. The van der Waals surface area contributed by atoms with Crippen LogP contribution in [0.15, 0.2) is 54.7 Å². The molecule has 1 atom stereocenters. The number of aromatic nitrogens is 3. The van der Waals surface area contributed by atoms with Gasteiger partial charge < -0.3 is 14.9 Å². The van der Waals surface area contributed by atoms with Crippen LogP contribution in [-0.2, 0) is 11.0 Å². The van der Waals surface area contributed by atoms with E-state index < -0.39 is 23.9 Å². The van der Waals surface area contributed by atoms with Gasteiger partial charge in [-0.25, -0.2) is 14.8 Å². The first-order valence-electron chi connectivity index (χ1n) is 9.91. The number of hydrogen-bond donors (Lipinski definition) is 1. The number of aliphatic carboxylic acids is 1. The summed E-state index contributed by atoms with van der Waals surface area (Å²) in [6, 6.07) is 12.5. The second-order valence-corrected chi connectivity index (χ2v) is 7.45. The molecule has 1 aliphatic heterocycles. The molecule has 7 nitrogen and oxygen atoms in total. The highest BCUT2D eigenvalue weighted by Gasteiger charge is 2.34. The molecular weight excluding hydrogens is 423 g/mol. The summed E-state index contributed by atoms with van der Waals surface area (Å²) in [5.41, 5.74) is 0.822. The average molecular weight is 443 g/mol. The number of anilines is 2. The second kappa shape index (κ2) is 8.45. The van der Waals surface area contributed by atoms with Gasteiger partial charge in [0.15, 0.2) is 5.82 Å². The Hall–Kier alpha value is -3.69. The summed E-state index contributed by atoms with van der Waals surface area (Å²) in [6.45, 7) is 2.99. The van der Waals surface area contributed by atoms with Crippen molar-refractivity contribution >= 4 is 17.5 Å². The summed E-state index contributed by atoms with van der Waals surface area (Å²) in [7, 11) is 0. The van der Waals surface area contributed by atoms with E-state index in [1.165, 1.54) is 6.07 Å². The first-order valence-corrected chi connectivity index (χ1v) is 9.91. The maximum atomic E-state index is 12.8. The highest BCUT2D eigenvalue weighted by Crippen LogP contribution is 2.29. The molecule has 166 valence electrons. The third-order valence-electron chi connectivity index (χ3n) is 5.23. The van der Waals surface area contributed by atoms with Crippen LogP contribution in [0.2, 0.25) is 0 Å². The van der Waals surface area contributed by atoms with Crippen LogP contribution in [0, 0.1) is 6.92 Å². The Bertz CT molecular complexity index is 1110. The normalized spacial score (nSPS) is 16.8. The molecule has 3 heterocycles. The molecule has 1 N–H and O–H groups in total. The summed E-state index contributed by atoms with van der Waals surface area (Å²) < 4.78 is 38.4. The Kier molecular flexibility index (Phi) is 5.68. The van der Waals surface area contributed by atoms with Crippen molar-refractivity contribution in [2.24, 2.45) is 0 Å². The fourth-order valence-corrected chi connectivity index (χ4v) is 3.66. The van der Waals surface area contributed by atoms with Gasteiger partial charge in [0, 0.05) is 48.8 Å². The zero-order chi connectivity index (χ0) is 22.9. The number of carbonyl (C=O) groups is 1. The summed E-state index contributed by atoms with van der Waals surface area (Å²) >= 11 is 0. The Morgan fingerprint density at radius 2 is 1.84 bits per heavy atom. The Labute approximate surface area is 182 Å². The molecule has 0 spiro atoms. The zero-order valence-electron chi connectivity index (χ0n) is 17.1. The quantitative estimate of drug-likeness (QED) is 0.659. The van der Waals surface area contributed by atoms with Crippen LogP contribution < -0.4 is 9.80 Å². The third kappa shape index (κ3) is 4.48. The Balaban J connectivity index is 1.63. The largest absolute Gasteiger partial charge is 0.480 e. The van der Waals surface area contributed by atoms with Crippen LogP contribution in [0.1, 0.15) is 11.4 Å². The van der Waals surface area contributed by atoms with E-state index in [0.717, 1.165) is 18.0 Å². The summed E-state index contributed by atoms with van der Waals surface area (Å²) in [5.74, 6) is -0.386. The fourth-order valence-electron chi connectivity index (χ4n) is 3.66. The highest BCUT2D eigenvalue weighted by molar-refractivity contribution is 5.79. The average Bonchev–Trinajstić information content (AvgIpc) is 2.78. The number of aryl methyl sites for hydroxylation is 1. The van der Waals surface area contributed by atoms with Crippen molar-refractivity contribution in [3.8, 4) is 11.4 Å². The standard InChI is InChI=1S/C22H20F3N5O2/c1-14-11-19(28-20(27-14)15-7-8-18(26-12-15)22(23,24)25)30-10-9-29(13-17(30)21(31)32)16-5-3-2-4-6-16/h2-8,11-12,17H,9-10,13H2,1H3,(H,31,32). The highest BCUT2D eigenvalue weighted by atomic mass is 19.4. The van der Waals surface area contributed by atoms with Crippen LogP contribution in [0.3, 0.4) is 0 Å². The maximum Gasteiger partial charge on any atom is 0.433 e. The van der Waals surface area contributed by atoms with Crippen LogP contribution in [0.4, 0.5) is 24.7 Å². The van der Waals surface area contributed by atoms with E-state index in [4.69, 9.17) is 0 Å². The van der Waals surface area contributed by atoms with Crippen molar-refractivity contribution in [3.63, 3.8) is 0 Å². The molecule has 0 bridgehead atoms. The lowest BCUT2D eigenvalue weighted by Gasteiger charge is -2.41. The summed E-state index contributed by atoms with van der Waals surface area (Å²) in [5, 5.41) is 9.87. The number of hydrogen-bond acceptors (Lipinski definition) is 6. The summed E-state index contributed by atoms with van der Waals surface area (Å²) in [4.78, 5) is 28.0. The van der Waals surface area contributed by atoms with E-state index in [-0.39, 0.29) is 12.4 Å². The van der Waals surface area contributed by atoms with Gasteiger partial charge in [-0.2, -0.15) is 13.2 Å². The molecule has 1 fully saturated rings. The van der Waals surface area contributed by atoms with E-state index in [0.29, 0.717) is 30.2 Å². The minimum Gasteiger partial charge on any atom is -0.480 e. The predicted molar refractivity (Wildman–Crippen MR) is 112 cm³/mol. The Morgan fingerprint density at radius 3 is 2.47 bits per heavy atom. The van der Waals surface area contributed by atoms with E-state index in [2.05, 4.69) is 15.0 Å². The molecular formula is C22H20F3N5O2. The number of carboxylic acid groups (broad SMARTS) is 1. The molecule has 2 aromatic heterocycles. The summed E-state index contributed by atoms with van der Waals surface area (Å²) in [6.07, 6.45) is -3.46. The number of nitrogens with zero attached hydrogens (tertiary/aromatic N) is 5. The van der Waals surface area contributed by atoms with Crippen molar-refractivity contribution < 1.29 is 23.1 Å². The minimum atomic E-state index is -4.54. The monoisotopic (exact) mass is 443 g/mol. The van der Waals surface area contributed by atoms with Crippen molar-refractivity contribution in [2.45, 2.75) is 19.1 Å². The number of piperazine rings is 1. The molecule has 0 aliphatic carbocycles. The Morgan fingerprint density at radius 1 is 1.09 bits per heavy atom. The number of para-hydroxylation sites is 1. The molecule has 10 heteroatoms. The third-order valence-corrected chi connectivity index (χ3v) is 5.23. The topological polar surface area (TPSA) is 82.5 Å². The van der Waals surface area contributed by atoms with Gasteiger partial charge in [0.05, 0.1) is 0 Å². The lowest BCUT2D eigenvalue weighted by atomic mass is 10.1. The van der Waals surface area contributed by atoms with Gasteiger partial charge in [-0.1, -0.05) is 18.2 Å². The van der Waals surface area contributed by atoms with Gasteiger partial charge >= 0.3 is 12.1 Å². The maximum absolute atomic E-state index is 12.8. The number of halogens is 3. The van der Waals surface area contributed by atoms with Crippen molar-refractivity contribution in [2.75, 3.05) is 29.4 Å². The smallest absolute Gasteiger partial charge is 0.433 e. The van der Waals surface area contributed by atoms with E-state index in [1.54, 1.807) is 17.9 Å². The van der Waals surface area contributed by atoms with Crippen LogP contribution in [0.25, 0.3) is 11.4 Å². The van der Waals surface area contributed by atoms with Crippen LogP contribution in [-0.4, -0.2) is 51.7 Å². The number of rotatable bonds is 4.